The maximum absolute atomic E-state index is 12.5. The first-order valence-corrected chi connectivity index (χ1v) is 8.31. The summed E-state index contributed by atoms with van der Waals surface area (Å²) in [6.07, 6.45) is -0.507. The SMILES string of the molecule is CC1=C(C)N2C(=NC3C2C(=O)NC(=O)N3C)N1c1cc(C)ccc1C. The number of fused-ring (bicyclic) bond motifs is 3. The Morgan fingerprint density at radius 2 is 1.80 bits per heavy atom. The van der Waals surface area contributed by atoms with Gasteiger partial charge in [-0.15, -0.1) is 0 Å². The number of aryl methyl sites for hydroxylation is 2. The smallest absolute Gasteiger partial charge is 0.303 e. The van der Waals surface area contributed by atoms with Gasteiger partial charge in [0.1, 0.15) is 0 Å². The molecule has 2 atom stereocenters. The number of likely N-dealkylation sites (N-methyl/N-ethyl adjacent to an activating group) is 1. The van der Waals surface area contributed by atoms with Crippen molar-refractivity contribution in [3.8, 4) is 0 Å². The van der Waals surface area contributed by atoms with E-state index in [9.17, 15) is 9.59 Å². The van der Waals surface area contributed by atoms with Gasteiger partial charge in [-0.3, -0.25) is 19.9 Å². The molecule has 3 amide bonds. The van der Waals surface area contributed by atoms with Crippen LogP contribution in [-0.2, 0) is 4.79 Å². The molecule has 1 N–H and O–H groups in total. The van der Waals surface area contributed by atoms with Crippen LogP contribution in [0.2, 0.25) is 0 Å². The Balaban J connectivity index is 1.85. The van der Waals surface area contributed by atoms with E-state index in [1.807, 2.05) is 18.7 Å². The molecule has 2 unspecified atom stereocenters. The number of anilines is 1. The molecular weight excluding hydrogens is 318 g/mol. The fourth-order valence-electron chi connectivity index (χ4n) is 3.71. The number of imide groups is 1. The van der Waals surface area contributed by atoms with Gasteiger partial charge in [0.05, 0.1) is 5.69 Å². The molecule has 130 valence electrons. The van der Waals surface area contributed by atoms with Gasteiger partial charge in [0, 0.05) is 18.4 Å². The maximum Gasteiger partial charge on any atom is 0.325 e. The Morgan fingerprint density at radius 3 is 2.52 bits per heavy atom. The molecular formula is C18H21N5O2. The molecule has 1 aromatic rings. The first kappa shape index (κ1) is 15.7. The maximum atomic E-state index is 12.5. The van der Waals surface area contributed by atoms with Gasteiger partial charge >= 0.3 is 6.03 Å². The van der Waals surface area contributed by atoms with Crippen molar-refractivity contribution in [2.24, 2.45) is 4.99 Å². The van der Waals surface area contributed by atoms with Gasteiger partial charge in [0.25, 0.3) is 5.91 Å². The standard InChI is InChI=1S/C18H21N5O2/c1-9-6-7-10(2)13(8-9)22-11(3)12(4)23-14-15(19-17(22)23)21(5)18(25)20-16(14)24/h6-8,14-15H,1-5H3,(H,20,24,25). The lowest BCUT2D eigenvalue weighted by Gasteiger charge is -2.35. The van der Waals surface area contributed by atoms with Crippen LogP contribution in [0.15, 0.2) is 34.6 Å². The van der Waals surface area contributed by atoms with Crippen molar-refractivity contribution >= 4 is 23.6 Å². The van der Waals surface area contributed by atoms with E-state index in [0.29, 0.717) is 5.96 Å². The molecule has 3 aliphatic heterocycles. The molecule has 0 saturated carbocycles. The van der Waals surface area contributed by atoms with E-state index < -0.39 is 18.2 Å². The number of allylic oxidation sites excluding steroid dienone is 2. The van der Waals surface area contributed by atoms with E-state index in [-0.39, 0.29) is 5.91 Å². The summed E-state index contributed by atoms with van der Waals surface area (Å²) in [4.78, 5) is 34.7. The number of urea groups is 1. The van der Waals surface area contributed by atoms with Crippen molar-refractivity contribution in [2.75, 3.05) is 11.9 Å². The van der Waals surface area contributed by atoms with Crippen LogP contribution in [0.1, 0.15) is 25.0 Å². The topological polar surface area (TPSA) is 68.2 Å². The number of rotatable bonds is 1. The van der Waals surface area contributed by atoms with Crippen molar-refractivity contribution in [1.82, 2.24) is 15.1 Å². The van der Waals surface area contributed by atoms with Crippen molar-refractivity contribution in [2.45, 2.75) is 39.9 Å². The lowest BCUT2D eigenvalue weighted by atomic mass is 10.1. The van der Waals surface area contributed by atoms with Gasteiger partial charge in [0.15, 0.2) is 12.2 Å². The molecule has 1 fully saturated rings. The Hall–Kier alpha value is -2.83. The van der Waals surface area contributed by atoms with Crippen molar-refractivity contribution in [1.29, 1.82) is 0 Å². The monoisotopic (exact) mass is 339 g/mol. The lowest BCUT2D eigenvalue weighted by molar-refractivity contribution is -0.126. The molecule has 3 aliphatic rings. The molecule has 0 aliphatic carbocycles. The molecule has 0 radical (unpaired) electrons. The van der Waals surface area contributed by atoms with Crippen LogP contribution >= 0.6 is 0 Å². The van der Waals surface area contributed by atoms with Crippen LogP contribution in [0.25, 0.3) is 0 Å². The van der Waals surface area contributed by atoms with E-state index in [1.165, 1.54) is 4.90 Å². The van der Waals surface area contributed by atoms with E-state index >= 15 is 0 Å². The number of hydrogen-bond donors (Lipinski definition) is 1. The van der Waals surface area contributed by atoms with E-state index in [1.54, 1.807) is 7.05 Å². The highest BCUT2D eigenvalue weighted by Crippen LogP contribution is 2.39. The predicted molar refractivity (Wildman–Crippen MR) is 94.9 cm³/mol. The summed E-state index contributed by atoms with van der Waals surface area (Å²) >= 11 is 0. The summed E-state index contributed by atoms with van der Waals surface area (Å²) in [5.74, 6) is 0.400. The largest absolute Gasteiger partial charge is 0.325 e. The van der Waals surface area contributed by atoms with Gasteiger partial charge in [0.2, 0.25) is 5.96 Å². The number of nitrogens with one attached hydrogen (secondary N) is 1. The van der Waals surface area contributed by atoms with Gasteiger partial charge in [-0.25, -0.2) is 9.79 Å². The number of guanidine groups is 1. The number of amides is 3. The van der Waals surface area contributed by atoms with Gasteiger partial charge < -0.3 is 4.90 Å². The summed E-state index contributed by atoms with van der Waals surface area (Å²) in [6.45, 7) is 8.13. The van der Waals surface area contributed by atoms with Crippen LogP contribution < -0.4 is 10.2 Å². The highest BCUT2D eigenvalue weighted by molar-refractivity contribution is 6.10. The number of nitrogens with zero attached hydrogens (tertiary/aromatic N) is 4. The number of benzene rings is 1. The zero-order chi connectivity index (χ0) is 18.0. The molecule has 0 aromatic heterocycles. The van der Waals surface area contributed by atoms with E-state index in [2.05, 4.69) is 42.3 Å². The third-order valence-electron chi connectivity index (χ3n) is 5.27. The number of carbonyl (C=O) groups is 2. The lowest BCUT2D eigenvalue weighted by Crippen LogP contribution is -2.63. The normalized spacial score (nSPS) is 25.3. The Morgan fingerprint density at radius 1 is 1.08 bits per heavy atom. The van der Waals surface area contributed by atoms with E-state index in [0.717, 1.165) is 28.2 Å². The van der Waals surface area contributed by atoms with Gasteiger partial charge in [-0.1, -0.05) is 12.1 Å². The second-order valence-corrected chi connectivity index (χ2v) is 6.86. The Kier molecular flexibility index (Phi) is 3.19. The minimum absolute atomic E-state index is 0.304. The molecule has 4 rings (SSSR count). The molecule has 0 bridgehead atoms. The molecule has 7 heteroatoms. The third-order valence-corrected chi connectivity index (χ3v) is 5.27. The fourth-order valence-corrected chi connectivity index (χ4v) is 3.71. The minimum atomic E-state index is -0.525. The van der Waals surface area contributed by atoms with Gasteiger partial charge in [-0.2, -0.15) is 0 Å². The molecule has 3 heterocycles. The predicted octanol–water partition coefficient (Wildman–Crippen LogP) is 1.92. The fraction of sp³-hybridized carbons (Fsp3) is 0.389. The zero-order valence-corrected chi connectivity index (χ0v) is 15.0. The molecule has 7 nitrogen and oxygen atoms in total. The first-order valence-electron chi connectivity index (χ1n) is 8.31. The first-order chi connectivity index (χ1) is 11.8. The summed E-state index contributed by atoms with van der Waals surface area (Å²) in [6, 6.07) is 5.35. The van der Waals surface area contributed by atoms with Crippen molar-refractivity contribution in [3.05, 3.63) is 40.7 Å². The quantitative estimate of drug-likeness (QED) is 0.849. The molecule has 1 saturated heterocycles. The summed E-state index contributed by atoms with van der Waals surface area (Å²) < 4.78 is 0. The highest BCUT2D eigenvalue weighted by atomic mass is 16.2. The average Bonchev–Trinajstić information content (AvgIpc) is 3.05. The number of aliphatic imine (C=N–C) groups is 1. The zero-order valence-electron chi connectivity index (χ0n) is 15.0. The Labute approximate surface area is 146 Å². The van der Waals surface area contributed by atoms with Crippen LogP contribution in [0, 0.1) is 13.8 Å². The second kappa shape index (κ2) is 5.08. The van der Waals surface area contributed by atoms with Crippen molar-refractivity contribution < 1.29 is 9.59 Å². The van der Waals surface area contributed by atoms with Crippen LogP contribution in [0.4, 0.5) is 10.5 Å². The van der Waals surface area contributed by atoms with Gasteiger partial charge in [-0.05, 0) is 44.9 Å². The molecule has 25 heavy (non-hydrogen) atoms. The number of carbonyl (C=O) groups excluding carboxylic acids is 2. The summed E-state index contributed by atoms with van der Waals surface area (Å²) in [7, 11) is 1.67. The van der Waals surface area contributed by atoms with Crippen LogP contribution in [-0.4, -0.2) is 47.0 Å². The summed E-state index contributed by atoms with van der Waals surface area (Å²) in [5.41, 5.74) is 5.35. The molecule has 0 spiro atoms. The Bertz CT molecular complexity index is 872. The highest BCUT2D eigenvalue weighted by Gasteiger charge is 2.53. The second-order valence-electron chi connectivity index (χ2n) is 6.86. The van der Waals surface area contributed by atoms with Crippen LogP contribution in [0.3, 0.4) is 0 Å². The van der Waals surface area contributed by atoms with E-state index in [4.69, 9.17) is 4.99 Å². The molecule has 1 aromatic carbocycles. The van der Waals surface area contributed by atoms with Crippen LogP contribution in [0.5, 0.6) is 0 Å². The number of hydrogen-bond acceptors (Lipinski definition) is 5. The average molecular weight is 339 g/mol. The summed E-state index contributed by atoms with van der Waals surface area (Å²) in [5, 5.41) is 2.42. The third kappa shape index (κ3) is 2.01. The minimum Gasteiger partial charge on any atom is -0.303 e. The van der Waals surface area contributed by atoms with Crippen molar-refractivity contribution in [3.63, 3.8) is 0 Å².